The van der Waals surface area contributed by atoms with Crippen LogP contribution in [-0.2, 0) is 9.47 Å². The number of carbonyl (C=O) groups is 2. The maximum atomic E-state index is 12.0. The first-order valence-electron chi connectivity index (χ1n) is 14.1. The van der Waals surface area contributed by atoms with Crippen molar-refractivity contribution in [2.24, 2.45) is 5.92 Å². The average molecular weight is 511 g/mol. The molecule has 2 amide bonds. The van der Waals surface area contributed by atoms with Gasteiger partial charge in [0, 0.05) is 54.5 Å². The van der Waals surface area contributed by atoms with Crippen LogP contribution in [0.15, 0.2) is 0 Å². The second-order valence-corrected chi connectivity index (χ2v) is 12.9. The van der Waals surface area contributed by atoms with E-state index >= 15 is 0 Å². The fourth-order valence-corrected chi connectivity index (χ4v) is 6.06. The van der Waals surface area contributed by atoms with E-state index in [4.69, 9.17) is 9.47 Å². The van der Waals surface area contributed by atoms with E-state index in [1.165, 1.54) is 19.3 Å². The van der Waals surface area contributed by atoms with Gasteiger partial charge in [0.25, 0.3) is 0 Å². The topological polar surface area (TPSA) is 91.9 Å². The molecule has 0 aromatic carbocycles. The molecule has 0 bridgehead atoms. The first-order chi connectivity index (χ1) is 16.6. The molecule has 0 radical (unpaired) electrons. The van der Waals surface area contributed by atoms with Gasteiger partial charge in [-0.05, 0) is 74.8 Å². The molecular formula is C28H54N4O4. The summed E-state index contributed by atoms with van der Waals surface area (Å²) in [5, 5.41) is 9.32. The highest BCUT2D eigenvalue weighted by atomic mass is 16.6. The summed E-state index contributed by atoms with van der Waals surface area (Å²) in [6.07, 6.45) is 8.09. The maximum absolute atomic E-state index is 12.0. The van der Waals surface area contributed by atoms with Gasteiger partial charge in [0.1, 0.15) is 12.2 Å². The van der Waals surface area contributed by atoms with Gasteiger partial charge in [0.15, 0.2) is 0 Å². The Labute approximate surface area is 220 Å². The van der Waals surface area contributed by atoms with Crippen molar-refractivity contribution >= 4 is 12.2 Å². The Balaban J connectivity index is 0.000000261. The minimum atomic E-state index is -0.292. The zero-order valence-electron chi connectivity index (χ0n) is 24.5. The zero-order chi connectivity index (χ0) is 27.1. The fraction of sp³-hybridized carbons (Fsp3) is 0.929. The van der Waals surface area contributed by atoms with Crippen LogP contribution in [0.25, 0.3) is 0 Å². The molecule has 0 spiro atoms. The van der Waals surface area contributed by atoms with Gasteiger partial charge in [-0.2, -0.15) is 0 Å². The smallest absolute Gasteiger partial charge is 0.407 e. The molecule has 2 aliphatic heterocycles. The molecule has 1 aliphatic carbocycles. The quantitative estimate of drug-likeness (QED) is 0.481. The lowest BCUT2D eigenvalue weighted by molar-refractivity contribution is -0.0474. The highest BCUT2D eigenvalue weighted by Crippen LogP contribution is 2.33. The largest absolute Gasteiger partial charge is 0.446 e. The molecule has 210 valence electrons. The van der Waals surface area contributed by atoms with Gasteiger partial charge in [0.2, 0.25) is 0 Å². The van der Waals surface area contributed by atoms with Crippen LogP contribution in [0.3, 0.4) is 0 Å². The first-order valence-corrected chi connectivity index (χ1v) is 14.1. The SMILES string of the molecule is CC1(C)CC(OC(=O)NC2CCCCC2)CC(C)(C)N1.CCNC(=O)OC1CCN(C)C(C)(C)C1C. The monoisotopic (exact) mass is 510 g/mol. The highest BCUT2D eigenvalue weighted by molar-refractivity contribution is 5.68. The van der Waals surface area contributed by atoms with E-state index in [9.17, 15) is 9.59 Å². The van der Waals surface area contributed by atoms with Crippen LogP contribution < -0.4 is 16.0 Å². The van der Waals surface area contributed by atoms with Gasteiger partial charge < -0.3 is 30.3 Å². The molecule has 3 aliphatic rings. The van der Waals surface area contributed by atoms with Crippen LogP contribution in [0, 0.1) is 5.92 Å². The summed E-state index contributed by atoms with van der Waals surface area (Å²) in [5.74, 6) is 0.342. The number of likely N-dealkylation sites (tertiary alicyclic amines) is 1. The Bertz CT molecular complexity index is 702. The van der Waals surface area contributed by atoms with Gasteiger partial charge in [-0.15, -0.1) is 0 Å². The molecule has 0 aromatic heterocycles. The second kappa shape index (κ2) is 12.8. The highest BCUT2D eigenvalue weighted by Gasteiger charge is 2.41. The van der Waals surface area contributed by atoms with Crippen molar-refractivity contribution in [2.75, 3.05) is 20.1 Å². The third-order valence-corrected chi connectivity index (χ3v) is 8.34. The number of ether oxygens (including phenoxy) is 2. The number of piperidine rings is 2. The van der Waals surface area contributed by atoms with E-state index in [0.717, 1.165) is 38.6 Å². The Morgan fingerprint density at radius 3 is 2.06 bits per heavy atom. The van der Waals surface area contributed by atoms with Crippen LogP contribution in [0.5, 0.6) is 0 Å². The van der Waals surface area contributed by atoms with Crippen molar-refractivity contribution < 1.29 is 19.1 Å². The normalized spacial score (nSPS) is 28.2. The number of alkyl carbamates (subject to hydrolysis) is 2. The predicted molar refractivity (Wildman–Crippen MR) is 145 cm³/mol. The summed E-state index contributed by atoms with van der Waals surface area (Å²) in [7, 11) is 2.12. The Morgan fingerprint density at radius 1 is 0.917 bits per heavy atom. The summed E-state index contributed by atoms with van der Waals surface area (Å²) in [5.41, 5.74) is 0.102. The molecule has 36 heavy (non-hydrogen) atoms. The molecule has 2 saturated heterocycles. The number of rotatable bonds is 4. The van der Waals surface area contributed by atoms with Crippen molar-refractivity contribution in [3.63, 3.8) is 0 Å². The Hall–Kier alpha value is -1.54. The predicted octanol–water partition coefficient (Wildman–Crippen LogP) is 5.21. The minimum absolute atomic E-state index is 0.00448. The number of nitrogens with zero attached hydrogens (tertiary/aromatic N) is 1. The lowest BCUT2D eigenvalue weighted by atomic mass is 9.79. The minimum Gasteiger partial charge on any atom is -0.446 e. The lowest BCUT2D eigenvalue weighted by Gasteiger charge is -2.48. The van der Waals surface area contributed by atoms with Gasteiger partial charge in [-0.25, -0.2) is 9.59 Å². The van der Waals surface area contributed by atoms with E-state index in [0.29, 0.717) is 18.5 Å². The van der Waals surface area contributed by atoms with Crippen molar-refractivity contribution in [1.29, 1.82) is 0 Å². The molecule has 2 heterocycles. The summed E-state index contributed by atoms with van der Waals surface area (Å²) in [4.78, 5) is 25.8. The van der Waals surface area contributed by atoms with Crippen LogP contribution in [-0.4, -0.2) is 72.1 Å². The summed E-state index contributed by atoms with van der Waals surface area (Å²) >= 11 is 0. The van der Waals surface area contributed by atoms with Crippen LogP contribution in [0.2, 0.25) is 0 Å². The van der Waals surface area contributed by atoms with Gasteiger partial charge in [-0.3, -0.25) is 0 Å². The number of hydrogen-bond acceptors (Lipinski definition) is 6. The van der Waals surface area contributed by atoms with Crippen LogP contribution in [0.1, 0.15) is 107 Å². The van der Waals surface area contributed by atoms with E-state index in [1.807, 2.05) is 6.92 Å². The van der Waals surface area contributed by atoms with E-state index < -0.39 is 0 Å². The molecule has 1 saturated carbocycles. The van der Waals surface area contributed by atoms with Crippen molar-refractivity contribution in [1.82, 2.24) is 20.9 Å². The molecular weight excluding hydrogens is 456 g/mol. The molecule has 3 fully saturated rings. The van der Waals surface area contributed by atoms with E-state index in [1.54, 1.807) is 0 Å². The molecule has 8 nitrogen and oxygen atoms in total. The van der Waals surface area contributed by atoms with Crippen molar-refractivity contribution in [2.45, 2.75) is 142 Å². The van der Waals surface area contributed by atoms with Crippen molar-refractivity contribution in [3.8, 4) is 0 Å². The standard InChI is InChI=1S/C16H30N2O2.C12H24N2O2/c1-15(2)10-13(11-16(3,4)18-15)20-14(19)17-12-8-6-5-7-9-12;1-6-13-11(15)16-10-7-8-14(5)12(3,4)9(10)2/h12-13,18H,5-11H2,1-4H3,(H,17,19);9-10H,6-8H2,1-5H3,(H,13,15). The van der Waals surface area contributed by atoms with Crippen molar-refractivity contribution in [3.05, 3.63) is 0 Å². The molecule has 2 unspecified atom stereocenters. The molecule has 8 heteroatoms. The Morgan fingerprint density at radius 2 is 1.50 bits per heavy atom. The zero-order valence-corrected chi connectivity index (χ0v) is 24.5. The molecule has 2 atom stereocenters. The van der Waals surface area contributed by atoms with Crippen LogP contribution in [0.4, 0.5) is 9.59 Å². The Kier molecular flexibility index (Phi) is 10.9. The number of hydrogen-bond donors (Lipinski definition) is 3. The summed E-state index contributed by atoms with van der Waals surface area (Å²) < 4.78 is 11.1. The number of nitrogens with one attached hydrogen (secondary N) is 3. The third kappa shape index (κ3) is 9.40. The summed E-state index contributed by atoms with van der Waals surface area (Å²) in [6.45, 7) is 18.7. The second-order valence-electron chi connectivity index (χ2n) is 12.9. The molecule has 0 aromatic rings. The van der Waals surface area contributed by atoms with Gasteiger partial charge >= 0.3 is 12.2 Å². The molecule has 3 N–H and O–H groups in total. The van der Waals surface area contributed by atoms with E-state index in [-0.39, 0.29) is 41.0 Å². The lowest BCUT2D eigenvalue weighted by Crippen LogP contribution is -2.60. The van der Waals surface area contributed by atoms with E-state index in [2.05, 4.69) is 76.4 Å². The van der Waals surface area contributed by atoms with Gasteiger partial charge in [0.05, 0.1) is 0 Å². The first kappa shape index (κ1) is 30.7. The summed E-state index contributed by atoms with van der Waals surface area (Å²) in [6, 6.07) is 0.319. The fourth-order valence-electron chi connectivity index (χ4n) is 6.06. The maximum Gasteiger partial charge on any atom is 0.407 e. The van der Waals surface area contributed by atoms with Crippen LogP contribution >= 0.6 is 0 Å². The molecule has 3 rings (SSSR count). The number of carbonyl (C=O) groups excluding carboxylic acids is 2. The van der Waals surface area contributed by atoms with Gasteiger partial charge in [-0.1, -0.05) is 26.2 Å². The number of amides is 2. The third-order valence-electron chi connectivity index (χ3n) is 8.34. The average Bonchev–Trinajstić information content (AvgIpc) is 2.73.